The molecule has 0 bridgehead atoms. The molecule has 2 heterocycles. The van der Waals surface area contributed by atoms with Gasteiger partial charge >= 0.3 is 0 Å². The third-order valence-electron chi connectivity index (χ3n) is 2.70. The van der Waals surface area contributed by atoms with E-state index < -0.39 is 0 Å². The maximum atomic E-state index is 12.4. The molecule has 100 valence electrons. The van der Waals surface area contributed by atoms with Crippen molar-refractivity contribution >= 4 is 46.0 Å². The molecular formula is C14H9NO3S2. The molecule has 0 radical (unpaired) electrons. The highest BCUT2D eigenvalue weighted by Gasteiger charge is 2.33. The summed E-state index contributed by atoms with van der Waals surface area (Å²) in [4.78, 5) is 14.3. The molecule has 1 saturated heterocycles. The van der Waals surface area contributed by atoms with E-state index in [9.17, 15) is 9.90 Å². The number of nitrogens with zero attached hydrogens (tertiary/aromatic N) is 1. The van der Waals surface area contributed by atoms with Crippen molar-refractivity contribution in [1.29, 1.82) is 0 Å². The van der Waals surface area contributed by atoms with Crippen molar-refractivity contribution in [2.24, 2.45) is 0 Å². The second kappa shape index (κ2) is 5.15. The van der Waals surface area contributed by atoms with Crippen LogP contribution < -0.4 is 4.90 Å². The number of furan rings is 1. The van der Waals surface area contributed by atoms with Crippen LogP contribution in [0.15, 0.2) is 52.0 Å². The molecule has 1 aromatic carbocycles. The number of thiocarbonyl (C=S) groups is 1. The van der Waals surface area contributed by atoms with Crippen LogP contribution in [0.3, 0.4) is 0 Å². The first kappa shape index (κ1) is 13.0. The van der Waals surface area contributed by atoms with Gasteiger partial charge < -0.3 is 9.52 Å². The first-order valence-electron chi connectivity index (χ1n) is 5.75. The Morgan fingerprint density at radius 1 is 1.30 bits per heavy atom. The maximum absolute atomic E-state index is 12.4. The van der Waals surface area contributed by atoms with E-state index in [4.69, 9.17) is 16.6 Å². The molecule has 1 amide bonds. The van der Waals surface area contributed by atoms with Crippen LogP contribution in [-0.2, 0) is 4.79 Å². The summed E-state index contributed by atoms with van der Waals surface area (Å²) in [6.45, 7) is 0. The number of carbonyl (C=O) groups excluding carboxylic acids is 1. The van der Waals surface area contributed by atoms with Crippen molar-refractivity contribution in [2.45, 2.75) is 0 Å². The molecule has 1 N–H and O–H groups in total. The summed E-state index contributed by atoms with van der Waals surface area (Å²) < 4.78 is 5.62. The van der Waals surface area contributed by atoms with Crippen LogP contribution >= 0.6 is 24.0 Å². The fourth-order valence-corrected chi connectivity index (χ4v) is 3.10. The quantitative estimate of drug-likeness (QED) is 0.681. The number of phenols is 1. The molecule has 6 heteroatoms. The number of thioether (sulfide) groups is 1. The van der Waals surface area contributed by atoms with Gasteiger partial charge in [-0.1, -0.05) is 30.0 Å². The van der Waals surface area contributed by atoms with Crippen molar-refractivity contribution in [3.05, 3.63) is 53.3 Å². The van der Waals surface area contributed by atoms with Gasteiger partial charge in [-0.25, -0.2) is 0 Å². The normalized spacial score (nSPS) is 17.2. The maximum Gasteiger partial charge on any atom is 0.270 e. The van der Waals surface area contributed by atoms with E-state index >= 15 is 0 Å². The van der Waals surface area contributed by atoms with Gasteiger partial charge in [0.25, 0.3) is 5.91 Å². The van der Waals surface area contributed by atoms with Crippen LogP contribution in [0.5, 0.6) is 5.75 Å². The lowest BCUT2D eigenvalue weighted by Gasteiger charge is -2.14. The van der Waals surface area contributed by atoms with Crippen LogP contribution in [0.1, 0.15) is 5.76 Å². The molecule has 20 heavy (non-hydrogen) atoms. The van der Waals surface area contributed by atoms with Gasteiger partial charge in [0, 0.05) is 12.1 Å². The van der Waals surface area contributed by atoms with Crippen LogP contribution in [0, 0.1) is 0 Å². The average molecular weight is 303 g/mol. The van der Waals surface area contributed by atoms with Crippen LogP contribution in [-0.4, -0.2) is 15.3 Å². The lowest BCUT2D eigenvalue weighted by molar-refractivity contribution is -0.113. The molecule has 0 spiro atoms. The molecule has 4 nitrogen and oxygen atoms in total. The van der Waals surface area contributed by atoms with Crippen LogP contribution in [0.4, 0.5) is 5.69 Å². The summed E-state index contributed by atoms with van der Waals surface area (Å²) in [7, 11) is 0. The number of benzene rings is 1. The predicted molar refractivity (Wildman–Crippen MR) is 82.5 cm³/mol. The first-order chi connectivity index (χ1) is 9.65. The first-order valence-corrected chi connectivity index (χ1v) is 6.98. The topological polar surface area (TPSA) is 53.7 Å². The number of carbonyl (C=O) groups is 1. The second-order valence-corrected chi connectivity index (χ2v) is 5.73. The van der Waals surface area contributed by atoms with Gasteiger partial charge in [-0.2, -0.15) is 0 Å². The Morgan fingerprint density at radius 2 is 2.15 bits per heavy atom. The van der Waals surface area contributed by atoms with Gasteiger partial charge in [0.15, 0.2) is 4.32 Å². The van der Waals surface area contributed by atoms with E-state index in [1.54, 1.807) is 42.7 Å². The molecule has 0 unspecified atom stereocenters. The molecule has 2 aromatic rings. The molecule has 0 atom stereocenters. The molecule has 1 aromatic heterocycles. The molecule has 1 aliphatic heterocycles. The number of rotatable bonds is 2. The van der Waals surface area contributed by atoms with E-state index in [2.05, 4.69) is 0 Å². The van der Waals surface area contributed by atoms with Crippen molar-refractivity contribution < 1.29 is 14.3 Å². The zero-order chi connectivity index (χ0) is 14.1. The summed E-state index contributed by atoms with van der Waals surface area (Å²) >= 11 is 6.44. The molecular weight excluding hydrogens is 294 g/mol. The fourth-order valence-electron chi connectivity index (χ4n) is 1.83. The van der Waals surface area contributed by atoms with Gasteiger partial charge in [-0.3, -0.25) is 9.69 Å². The second-order valence-electron chi connectivity index (χ2n) is 4.05. The smallest absolute Gasteiger partial charge is 0.270 e. The lowest BCUT2D eigenvalue weighted by atomic mass is 10.2. The summed E-state index contributed by atoms with van der Waals surface area (Å²) in [6.07, 6.45) is 3.20. The molecule has 3 rings (SSSR count). The zero-order valence-corrected chi connectivity index (χ0v) is 11.8. The third kappa shape index (κ3) is 2.35. The summed E-state index contributed by atoms with van der Waals surface area (Å²) in [6, 6.07) is 9.95. The lowest BCUT2D eigenvalue weighted by Crippen LogP contribution is -2.27. The van der Waals surface area contributed by atoms with Gasteiger partial charge in [-0.15, -0.1) is 0 Å². The van der Waals surface area contributed by atoms with Crippen molar-refractivity contribution in [3.8, 4) is 5.75 Å². The highest BCUT2D eigenvalue weighted by Crippen LogP contribution is 2.36. The summed E-state index contributed by atoms with van der Waals surface area (Å²) in [5.41, 5.74) is 0.551. The highest BCUT2D eigenvalue weighted by atomic mass is 32.2. The minimum absolute atomic E-state index is 0.0894. The Balaban J connectivity index is 1.95. The van der Waals surface area contributed by atoms with E-state index in [1.165, 1.54) is 22.7 Å². The number of anilines is 1. The van der Waals surface area contributed by atoms with Gasteiger partial charge in [0.2, 0.25) is 0 Å². The Hall–Kier alpha value is -2.05. The molecule has 1 aliphatic rings. The van der Waals surface area contributed by atoms with Gasteiger partial charge in [0.05, 0.1) is 16.9 Å². The summed E-state index contributed by atoms with van der Waals surface area (Å²) in [5, 5.41) is 9.50. The van der Waals surface area contributed by atoms with E-state index in [1.807, 2.05) is 0 Å². The standard InChI is InChI=1S/C14H9NO3S2/c16-10-4-1-3-9(7-10)15-13(17)12(20-14(15)19)8-11-5-2-6-18-11/h1-8,16H/b12-8-. The van der Waals surface area contributed by atoms with E-state index in [-0.39, 0.29) is 11.7 Å². The Kier molecular flexibility index (Phi) is 3.33. The third-order valence-corrected chi connectivity index (χ3v) is 4.00. The largest absolute Gasteiger partial charge is 0.508 e. The number of phenolic OH excluding ortho intramolecular Hbond substituents is 1. The molecule has 1 fully saturated rings. The monoisotopic (exact) mass is 303 g/mol. The van der Waals surface area contributed by atoms with E-state index in [0.717, 1.165) is 0 Å². The van der Waals surface area contributed by atoms with Gasteiger partial charge in [-0.05, 0) is 24.3 Å². The number of hydrogen-bond donors (Lipinski definition) is 1. The van der Waals surface area contributed by atoms with E-state index in [0.29, 0.717) is 20.7 Å². The summed E-state index contributed by atoms with van der Waals surface area (Å²) in [5.74, 6) is 0.468. The Morgan fingerprint density at radius 3 is 2.85 bits per heavy atom. The Bertz CT molecular complexity index is 707. The van der Waals surface area contributed by atoms with Crippen LogP contribution in [0.25, 0.3) is 6.08 Å². The molecule has 0 saturated carbocycles. The minimum atomic E-state index is -0.220. The Labute approximate surface area is 124 Å². The highest BCUT2D eigenvalue weighted by molar-refractivity contribution is 8.27. The minimum Gasteiger partial charge on any atom is -0.508 e. The zero-order valence-electron chi connectivity index (χ0n) is 10.1. The fraction of sp³-hybridized carbons (Fsp3) is 0. The SMILES string of the molecule is O=C1/C(=C/c2ccco2)SC(=S)N1c1cccc(O)c1. The van der Waals surface area contributed by atoms with Crippen molar-refractivity contribution in [1.82, 2.24) is 0 Å². The molecule has 0 aliphatic carbocycles. The predicted octanol–water partition coefficient (Wildman–Crippen LogP) is 3.39. The number of amides is 1. The van der Waals surface area contributed by atoms with Crippen LogP contribution in [0.2, 0.25) is 0 Å². The number of hydrogen-bond acceptors (Lipinski definition) is 5. The number of aromatic hydroxyl groups is 1. The van der Waals surface area contributed by atoms with Gasteiger partial charge in [0.1, 0.15) is 11.5 Å². The van der Waals surface area contributed by atoms with Crippen molar-refractivity contribution in [2.75, 3.05) is 4.90 Å². The average Bonchev–Trinajstić information content (AvgIpc) is 2.99. The van der Waals surface area contributed by atoms with Crippen molar-refractivity contribution in [3.63, 3.8) is 0 Å².